The van der Waals surface area contributed by atoms with Crippen LogP contribution in [0.25, 0.3) is 0 Å². The van der Waals surface area contributed by atoms with Gasteiger partial charge in [-0.05, 0) is 25.7 Å². The van der Waals surface area contributed by atoms with Crippen LogP contribution in [0.1, 0.15) is 46.4 Å². The Balaban J connectivity index is 2.00. The van der Waals surface area contributed by atoms with Crippen molar-refractivity contribution in [1.29, 1.82) is 0 Å². The van der Waals surface area contributed by atoms with Crippen molar-refractivity contribution in [3.8, 4) is 0 Å². The highest BCUT2D eigenvalue weighted by Gasteiger charge is 2.34. The predicted molar refractivity (Wildman–Crippen MR) is 88.4 cm³/mol. The van der Waals surface area contributed by atoms with Crippen molar-refractivity contribution in [3.05, 3.63) is 18.2 Å². The summed E-state index contributed by atoms with van der Waals surface area (Å²) in [5.41, 5.74) is 0.259. The molecule has 1 fully saturated rings. The van der Waals surface area contributed by atoms with Crippen LogP contribution in [-0.4, -0.2) is 45.7 Å². The van der Waals surface area contributed by atoms with Gasteiger partial charge in [0.15, 0.2) is 0 Å². The lowest BCUT2D eigenvalue weighted by molar-refractivity contribution is 0.0734. The summed E-state index contributed by atoms with van der Waals surface area (Å²) < 4.78 is 2.14. The second kappa shape index (κ2) is 6.93. The van der Waals surface area contributed by atoms with Crippen molar-refractivity contribution < 1.29 is 0 Å². The van der Waals surface area contributed by atoms with Crippen LogP contribution in [0.5, 0.6) is 0 Å². The maximum atomic E-state index is 4.46. The molecule has 0 saturated carbocycles. The van der Waals surface area contributed by atoms with Crippen LogP contribution < -0.4 is 5.32 Å². The summed E-state index contributed by atoms with van der Waals surface area (Å²) in [4.78, 5) is 7.15. The van der Waals surface area contributed by atoms with Gasteiger partial charge in [0.1, 0.15) is 5.82 Å². The minimum absolute atomic E-state index is 0.259. The Hall–Kier alpha value is -0.870. The van der Waals surface area contributed by atoms with Gasteiger partial charge in [-0.25, -0.2) is 4.98 Å². The molecular weight excluding hydrogens is 260 g/mol. The highest BCUT2D eigenvalue weighted by molar-refractivity contribution is 4.97. The number of piperazine rings is 1. The molecule has 1 aromatic heterocycles. The Kier molecular flexibility index (Phi) is 5.44. The molecule has 1 N–H and O–H groups in total. The van der Waals surface area contributed by atoms with Gasteiger partial charge < -0.3 is 9.88 Å². The number of nitrogens with zero attached hydrogens (tertiary/aromatic N) is 3. The van der Waals surface area contributed by atoms with E-state index in [0.717, 1.165) is 32.0 Å². The van der Waals surface area contributed by atoms with E-state index in [1.54, 1.807) is 0 Å². The molecule has 4 heteroatoms. The molecule has 1 aromatic rings. The SMILES string of the molecule is CCC1(C)CN(CCc2nccn2C)C(CC(C)C)CN1. The summed E-state index contributed by atoms with van der Waals surface area (Å²) in [7, 11) is 2.09. The van der Waals surface area contributed by atoms with Gasteiger partial charge in [0.25, 0.3) is 0 Å². The van der Waals surface area contributed by atoms with Crippen molar-refractivity contribution in [3.63, 3.8) is 0 Å². The Morgan fingerprint density at radius 2 is 2.24 bits per heavy atom. The Labute approximate surface area is 129 Å². The molecule has 0 aromatic carbocycles. The molecule has 0 spiro atoms. The van der Waals surface area contributed by atoms with Gasteiger partial charge >= 0.3 is 0 Å². The fourth-order valence-electron chi connectivity index (χ4n) is 3.28. The molecule has 1 saturated heterocycles. The Morgan fingerprint density at radius 1 is 1.48 bits per heavy atom. The first-order valence-electron chi connectivity index (χ1n) is 8.39. The second-order valence-corrected chi connectivity index (χ2v) is 7.25. The van der Waals surface area contributed by atoms with Crippen molar-refractivity contribution in [2.75, 3.05) is 19.6 Å². The van der Waals surface area contributed by atoms with Crippen LogP contribution in [-0.2, 0) is 13.5 Å². The normalized spacial score (nSPS) is 27.4. The molecular formula is C17H32N4. The van der Waals surface area contributed by atoms with Crippen LogP contribution in [0.4, 0.5) is 0 Å². The zero-order valence-electron chi connectivity index (χ0n) is 14.4. The van der Waals surface area contributed by atoms with Crippen LogP contribution in [0.3, 0.4) is 0 Å². The molecule has 1 aliphatic heterocycles. The first kappa shape index (κ1) is 16.5. The smallest absolute Gasteiger partial charge is 0.109 e. The van der Waals surface area contributed by atoms with Crippen molar-refractivity contribution in [2.24, 2.45) is 13.0 Å². The zero-order chi connectivity index (χ0) is 15.5. The monoisotopic (exact) mass is 292 g/mol. The van der Waals surface area contributed by atoms with Gasteiger partial charge in [-0.2, -0.15) is 0 Å². The van der Waals surface area contributed by atoms with Gasteiger partial charge in [0.05, 0.1) is 0 Å². The van der Waals surface area contributed by atoms with Gasteiger partial charge in [0.2, 0.25) is 0 Å². The van der Waals surface area contributed by atoms with Crippen molar-refractivity contribution in [2.45, 2.75) is 58.5 Å². The topological polar surface area (TPSA) is 33.1 Å². The lowest BCUT2D eigenvalue weighted by Crippen LogP contribution is -2.63. The first-order chi connectivity index (χ1) is 9.93. The number of hydrogen-bond acceptors (Lipinski definition) is 3. The third-order valence-corrected chi connectivity index (χ3v) is 4.90. The number of imidazole rings is 1. The number of aromatic nitrogens is 2. The number of rotatable bonds is 6. The van der Waals surface area contributed by atoms with Gasteiger partial charge in [-0.1, -0.05) is 20.8 Å². The number of aryl methyl sites for hydroxylation is 1. The Morgan fingerprint density at radius 3 is 2.81 bits per heavy atom. The second-order valence-electron chi connectivity index (χ2n) is 7.25. The zero-order valence-corrected chi connectivity index (χ0v) is 14.4. The van der Waals surface area contributed by atoms with Crippen molar-refractivity contribution >= 4 is 0 Å². The summed E-state index contributed by atoms with van der Waals surface area (Å²) >= 11 is 0. The average Bonchev–Trinajstić information content (AvgIpc) is 2.84. The molecule has 120 valence electrons. The van der Waals surface area contributed by atoms with Crippen LogP contribution >= 0.6 is 0 Å². The minimum atomic E-state index is 0.259. The van der Waals surface area contributed by atoms with E-state index in [1.807, 2.05) is 12.4 Å². The minimum Gasteiger partial charge on any atom is -0.338 e. The van der Waals surface area contributed by atoms with Gasteiger partial charge in [0, 0.05) is 57.1 Å². The molecule has 21 heavy (non-hydrogen) atoms. The van der Waals surface area contributed by atoms with E-state index in [2.05, 4.69) is 54.5 Å². The molecule has 2 atom stereocenters. The van der Waals surface area contributed by atoms with E-state index >= 15 is 0 Å². The molecule has 0 bridgehead atoms. The van der Waals surface area contributed by atoms with Crippen LogP contribution in [0, 0.1) is 5.92 Å². The lowest BCUT2D eigenvalue weighted by atomic mass is 9.90. The molecule has 2 unspecified atom stereocenters. The van der Waals surface area contributed by atoms with E-state index < -0.39 is 0 Å². The maximum absolute atomic E-state index is 4.46. The van der Waals surface area contributed by atoms with Gasteiger partial charge in [-0.3, -0.25) is 4.90 Å². The van der Waals surface area contributed by atoms with Crippen LogP contribution in [0.15, 0.2) is 12.4 Å². The molecule has 0 aliphatic carbocycles. The van der Waals surface area contributed by atoms with E-state index in [9.17, 15) is 0 Å². The molecule has 2 heterocycles. The number of hydrogen-bond donors (Lipinski definition) is 1. The number of nitrogens with one attached hydrogen (secondary N) is 1. The predicted octanol–water partition coefficient (Wildman–Crippen LogP) is 2.45. The highest BCUT2D eigenvalue weighted by Crippen LogP contribution is 2.22. The third-order valence-electron chi connectivity index (χ3n) is 4.90. The summed E-state index contributed by atoms with van der Waals surface area (Å²) in [6, 6.07) is 0.657. The summed E-state index contributed by atoms with van der Waals surface area (Å²) in [6.07, 6.45) is 7.43. The summed E-state index contributed by atoms with van der Waals surface area (Å²) in [5.74, 6) is 1.94. The molecule has 0 radical (unpaired) electrons. The third kappa shape index (κ3) is 4.30. The Bertz CT molecular complexity index is 440. The summed E-state index contributed by atoms with van der Waals surface area (Å²) in [6.45, 7) is 12.7. The van der Waals surface area contributed by atoms with E-state index in [4.69, 9.17) is 0 Å². The molecule has 2 rings (SSSR count). The molecule has 0 amide bonds. The van der Waals surface area contributed by atoms with E-state index in [-0.39, 0.29) is 5.54 Å². The highest BCUT2D eigenvalue weighted by atomic mass is 15.3. The fourth-order valence-corrected chi connectivity index (χ4v) is 3.28. The fraction of sp³-hybridized carbons (Fsp3) is 0.824. The van der Waals surface area contributed by atoms with Crippen molar-refractivity contribution in [1.82, 2.24) is 19.8 Å². The quantitative estimate of drug-likeness (QED) is 0.874. The van der Waals surface area contributed by atoms with Gasteiger partial charge in [-0.15, -0.1) is 0 Å². The first-order valence-corrected chi connectivity index (χ1v) is 8.39. The molecule has 4 nitrogen and oxygen atoms in total. The average molecular weight is 292 g/mol. The van der Waals surface area contributed by atoms with E-state index in [1.165, 1.54) is 18.7 Å². The largest absolute Gasteiger partial charge is 0.338 e. The molecule has 1 aliphatic rings. The summed E-state index contributed by atoms with van der Waals surface area (Å²) in [5, 5.41) is 3.77. The maximum Gasteiger partial charge on any atom is 0.109 e. The van der Waals surface area contributed by atoms with Crippen LogP contribution in [0.2, 0.25) is 0 Å². The standard InChI is InChI=1S/C17H32N4/c1-6-17(4)13-21(15(12-19-17)11-14(2)3)9-7-16-18-8-10-20(16)5/h8,10,14-15,19H,6-7,9,11-13H2,1-5H3. The van der Waals surface area contributed by atoms with E-state index in [0.29, 0.717) is 6.04 Å². The lowest BCUT2D eigenvalue weighted by Gasteiger charge is -2.46.